The molecule has 0 aliphatic heterocycles. The Labute approximate surface area is 368 Å². The van der Waals surface area contributed by atoms with Crippen molar-refractivity contribution in [1.29, 1.82) is 0 Å². The van der Waals surface area contributed by atoms with Crippen LogP contribution in [0.1, 0.15) is 5.56 Å². The summed E-state index contributed by atoms with van der Waals surface area (Å²) in [6, 6.07) is 67.1. The van der Waals surface area contributed by atoms with E-state index >= 15 is 0 Å². The Morgan fingerprint density at radius 3 is 1.07 bits per heavy atom. The highest BCUT2D eigenvalue weighted by atomic mass is 35.7. The molecule has 7 rings (SSSR count). The number of hydrogen-bond donors (Lipinski definition) is 1. The van der Waals surface area contributed by atoms with Crippen LogP contribution in [0.15, 0.2) is 223 Å². The summed E-state index contributed by atoms with van der Waals surface area (Å²) in [4.78, 5) is 9.12. The number of aliphatic imine (C=N–C) groups is 1. The molecule has 7 aromatic rings. The van der Waals surface area contributed by atoms with E-state index in [1.165, 1.54) is 15.9 Å². The topological polar surface area (TPSA) is 102 Å². The van der Waals surface area contributed by atoms with Gasteiger partial charge in [-0.1, -0.05) is 155 Å². The lowest BCUT2D eigenvalue weighted by atomic mass is 10.2. The van der Waals surface area contributed by atoms with Crippen LogP contribution in [0, 0.1) is 10.2 Å². The minimum absolute atomic E-state index is 0.689. The number of thioether (sulfide) groups is 3. The number of nitrogens with zero attached hydrogens (tertiary/aromatic N) is 1. The van der Waals surface area contributed by atoms with Gasteiger partial charge in [-0.25, -0.2) is 4.99 Å². The zero-order valence-corrected chi connectivity index (χ0v) is 36.6. The largest absolute Gasteiger partial charge is 0.220 e. The summed E-state index contributed by atoms with van der Waals surface area (Å²) < 4.78 is 33.8. The molecule has 0 bridgehead atoms. The molecule has 13 heteroatoms. The van der Waals surface area contributed by atoms with Gasteiger partial charge in [0.2, 0.25) is 5.44 Å². The molecule has 0 heterocycles. The molecule has 58 heavy (non-hydrogen) atoms. The van der Waals surface area contributed by atoms with Crippen LogP contribution < -0.4 is 29.9 Å². The van der Waals surface area contributed by atoms with E-state index in [4.69, 9.17) is 58.4 Å². The molecule has 7 aromatic carbocycles. The fourth-order valence-corrected chi connectivity index (χ4v) is 14.2. The summed E-state index contributed by atoms with van der Waals surface area (Å²) in [5.74, 6) is 0. The molecular formula is C45H33Cl4NO4PS3+. The summed E-state index contributed by atoms with van der Waals surface area (Å²) in [5.41, 5.74) is 2.01. The van der Waals surface area contributed by atoms with Gasteiger partial charge in [-0.2, -0.15) is 14.0 Å². The Kier molecular flexibility index (Phi) is 16.0. The zero-order chi connectivity index (χ0) is 41.0. The van der Waals surface area contributed by atoms with Crippen molar-refractivity contribution in [2.45, 2.75) is 14.7 Å². The monoisotopic (exact) mass is 918 g/mol. The number of benzene rings is 7. The van der Waals surface area contributed by atoms with Crippen LogP contribution in [0.4, 0.5) is 0 Å². The van der Waals surface area contributed by atoms with Crippen molar-refractivity contribution in [2.24, 2.45) is 4.99 Å². The fourth-order valence-electron chi connectivity index (χ4n) is 5.80. The number of halogens is 4. The first-order valence-electron chi connectivity index (χ1n) is 17.4. The summed E-state index contributed by atoms with van der Waals surface area (Å²) in [6.07, 6.45) is 0. The van der Waals surface area contributed by atoms with Gasteiger partial charge in [0.25, 0.3) is 0 Å². The molecule has 0 aliphatic rings. The molecule has 5 nitrogen and oxygen atoms in total. The minimum atomic E-state index is -4.69. The SMILES string of the molecule is Clc1ccc(SC(=NC(=C(Sc2ccc(Cl)cc2)Sc2ccc(Cl)cc2)[P+](c2ccccc2)(c2ccccc2)c2ccccc2)c2ccccc2)cc1.[O-][Cl+3]([O-])([O-])O. The van der Waals surface area contributed by atoms with Crippen LogP contribution in [-0.4, -0.2) is 9.70 Å². The minimum Gasteiger partial charge on any atom is -0.204 e. The average Bonchev–Trinajstić information content (AvgIpc) is 3.23. The van der Waals surface area contributed by atoms with Crippen LogP contribution >= 0.6 is 77.4 Å². The van der Waals surface area contributed by atoms with E-state index in [9.17, 15) is 0 Å². The highest BCUT2D eigenvalue weighted by molar-refractivity contribution is 8.23. The maximum atomic E-state index is 8.60. The van der Waals surface area contributed by atoms with E-state index in [0.29, 0.717) is 15.1 Å². The van der Waals surface area contributed by atoms with Gasteiger partial charge in [0.15, 0.2) is 7.26 Å². The van der Waals surface area contributed by atoms with Gasteiger partial charge < -0.3 is 0 Å². The smallest absolute Gasteiger partial charge is 0.204 e. The average molecular weight is 921 g/mol. The lowest BCUT2D eigenvalue weighted by molar-refractivity contribution is -1.92. The normalized spacial score (nSPS) is 11.7. The van der Waals surface area contributed by atoms with Crippen molar-refractivity contribution in [3.63, 3.8) is 0 Å². The van der Waals surface area contributed by atoms with Gasteiger partial charge in [0, 0.05) is 35.3 Å². The first kappa shape index (κ1) is 44.0. The Morgan fingerprint density at radius 1 is 0.448 bits per heavy atom. The third kappa shape index (κ3) is 12.2. The van der Waals surface area contributed by atoms with Crippen LogP contribution in [0.5, 0.6) is 0 Å². The van der Waals surface area contributed by atoms with E-state index in [1.807, 2.05) is 42.5 Å². The lowest BCUT2D eigenvalue weighted by Crippen LogP contribution is -2.58. The van der Waals surface area contributed by atoms with E-state index in [1.54, 1.807) is 35.3 Å². The third-order valence-electron chi connectivity index (χ3n) is 8.24. The van der Waals surface area contributed by atoms with E-state index < -0.39 is 17.5 Å². The molecule has 0 spiro atoms. The van der Waals surface area contributed by atoms with Gasteiger partial charge in [-0.05, 0) is 109 Å². The zero-order valence-electron chi connectivity index (χ0n) is 30.3. The van der Waals surface area contributed by atoms with Crippen LogP contribution in [0.3, 0.4) is 0 Å². The van der Waals surface area contributed by atoms with Crippen molar-refractivity contribution in [3.05, 3.63) is 224 Å². The van der Waals surface area contributed by atoms with Crippen molar-refractivity contribution in [3.8, 4) is 0 Å². The lowest BCUT2D eigenvalue weighted by Gasteiger charge is -2.29. The third-order valence-corrected chi connectivity index (χ3v) is 16.8. The second-order valence-electron chi connectivity index (χ2n) is 12.1. The Hall–Kier alpha value is -3.57. The van der Waals surface area contributed by atoms with Gasteiger partial charge in [-0.3, -0.25) is 0 Å². The molecule has 0 saturated carbocycles. The number of hydrogen-bond acceptors (Lipinski definition) is 8. The van der Waals surface area contributed by atoms with Gasteiger partial charge in [-0.15, -0.1) is 0 Å². The second kappa shape index (κ2) is 21.1. The molecular weight excluding hydrogens is 887 g/mol. The Morgan fingerprint density at radius 2 is 0.741 bits per heavy atom. The summed E-state index contributed by atoms with van der Waals surface area (Å²) in [6.45, 7) is 0. The quantitative estimate of drug-likeness (QED) is 0.0597. The molecule has 0 aliphatic carbocycles. The molecule has 292 valence electrons. The van der Waals surface area contributed by atoms with Gasteiger partial charge in [0.1, 0.15) is 25.2 Å². The predicted molar refractivity (Wildman–Crippen MR) is 239 cm³/mol. The van der Waals surface area contributed by atoms with Crippen LogP contribution in [0.2, 0.25) is 15.1 Å². The second-order valence-corrected chi connectivity index (χ2v) is 21.0. The summed E-state index contributed by atoms with van der Waals surface area (Å²) in [7, 11) is -7.43. The molecule has 0 saturated heterocycles. The van der Waals surface area contributed by atoms with Gasteiger partial charge >= 0.3 is 0 Å². The first-order chi connectivity index (χ1) is 28.0. The Balaban J connectivity index is 0.00000107. The highest BCUT2D eigenvalue weighted by Gasteiger charge is 2.52. The maximum Gasteiger partial charge on any atom is 0.220 e. The number of rotatable bonds is 11. The van der Waals surface area contributed by atoms with Crippen LogP contribution in [-0.2, 0) is 0 Å². The van der Waals surface area contributed by atoms with E-state index in [0.717, 1.165) is 35.0 Å². The van der Waals surface area contributed by atoms with E-state index in [-0.39, 0.29) is 0 Å². The molecule has 0 unspecified atom stereocenters. The van der Waals surface area contributed by atoms with Crippen molar-refractivity contribution in [1.82, 2.24) is 0 Å². The van der Waals surface area contributed by atoms with Crippen LogP contribution in [0.25, 0.3) is 0 Å². The fraction of sp³-hybridized carbons (Fsp3) is 0. The summed E-state index contributed by atoms with van der Waals surface area (Å²) in [5, 5.41) is 6.54. The van der Waals surface area contributed by atoms with Crippen molar-refractivity contribution in [2.75, 3.05) is 0 Å². The highest BCUT2D eigenvalue weighted by Crippen LogP contribution is 2.67. The Bertz CT molecular complexity index is 2270. The molecule has 1 N–H and O–H groups in total. The first-order valence-corrected chi connectivity index (χ1v) is 24.0. The van der Waals surface area contributed by atoms with Gasteiger partial charge in [0.05, 0.1) is 14.9 Å². The molecule has 0 amide bonds. The standard InChI is InChI=1S/C45H32Cl3NPS3.ClHO4/c46-34-21-27-40(28-22-34)51-44(33-13-5-1-6-14-33)49-43(45(52-41-29-23-35(47)24-30-41)53-42-31-25-36(48)26-32-42)50(37-15-7-2-8-16-37,38-17-9-3-10-18-38)39-19-11-4-12-20-39;2-1(3,4)5/h1-32H;(H,2,3,4,5)/q+1;. The molecule has 0 atom stereocenters. The molecule has 0 radical (unpaired) electrons. The van der Waals surface area contributed by atoms with E-state index in [2.05, 4.69) is 152 Å². The summed E-state index contributed by atoms with van der Waals surface area (Å²) >= 11 is 24.3. The maximum absolute atomic E-state index is 8.60. The molecule has 0 aromatic heterocycles. The molecule has 0 fully saturated rings. The van der Waals surface area contributed by atoms with Crippen molar-refractivity contribution < 1.29 is 28.9 Å². The van der Waals surface area contributed by atoms with Crippen molar-refractivity contribution >= 4 is 98.3 Å². The predicted octanol–water partition coefficient (Wildman–Crippen LogP) is 9.77.